The summed E-state index contributed by atoms with van der Waals surface area (Å²) in [5, 5.41) is 18.5. The van der Waals surface area contributed by atoms with Crippen LogP contribution in [0.3, 0.4) is 0 Å². The van der Waals surface area contributed by atoms with Crippen molar-refractivity contribution in [3.63, 3.8) is 0 Å². The lowest BCUT2D eigenvalue weighted by Gasteiger charge is -2.31. The summed E-state index contributed by atoms with van der Waals surface area (Å²) in [6.07, 6.45) is 0.705. The van der Waals surface area contributed by atoms with Crippen LogP contribution >= 0.6 is 0 Å². The lowest BCUT2D eigenvalue weighted by Crippen LogP contribution is -2.13. The molecule has 0 bridgehead atoms. The van der Waals surface area contributed by atoms with Crippen LogP contribution in [0.5, 0.6) is 0 Å². The molecule has 0 amide bonds. The number of para-hydroxylation sites is 6. The van der Waals surface area contributed by atoms with E-state index < -0.39 is 0 Å². The second-order valence-electron chi connectivity index (χ2n) is 32.2. The number of benzene rings is 20. The topological polar surface area (TPSA) is 39.2 Å². The zero-order valence-corrected chi connectivity index (χ0v) is 66.9. The second kappa shape index (κ2) is 27.8. The first kappa shape index (κ1) is 70.0. The summed E-state index contributed by atoms with van der Waals surface area (Å²) in [6.45, 7) is 15.5. The zero-order chi connectivity index (χ0) is 79.1. The first-order valence-electron chi connectivity index (χ1n) is 41.0. The van der Waals surface area contributed by atoms with Gasteiger partial charge in [-0.15, -0.1) is 0 Å². The lowest BCUT2D eigenvalue weighted by atomic mass is 9.91. The average molecular weight is 1520 g/mol. The molecule has 6 heteroatoms. The average Bonchev–Trinajstić information content (AvgIpc) is 0.848. The van der Waals surface area contributed by atoms with Crippen LogP contribution in [0.15, 0.2) is 367 Å². The minimum atomic E-state index is 0.705. The van der Waals surface area contributed by atoms with E-state index in [1.165, 1.54) is 93.2 Å². The van der Waals surface area contributed by atoms with Crippen LogP contribution in [-0.2, 0) is 6.42 Å². The van der Waals surface area contributed by atoms with E-state index in [2.05, 4.69) is 426 Å². The predicted molar refractivity (Wildman–Crippen MR) is 500 cm³/mol. The monoisotopic (exact) mass is 1510 g/mol. The van der Waals surface area contributed by atoms with Crippen LogP contribution in [-0.4, -0.2) is 0 Å². The third kappa shape index (κ3) is 11.4. The Bertz CT molecular complexity index is 7750. The largest absolute Gasteiger partial charge is 0.454 e. The van der Waals surface area contributed by atoms with Crippen molar-refractivity contribution in [2.75, 3.05) is 19.6 Å². The van der Waals surface area contributed by atoms with Crippen molar-refractivity contribution in [3.8, 4) is 22.3 Å². The van der Waals surface area contributed by atoms with Crippen LogP contribution < -0.4 is 19.6 Å². The Labute approximate surface area is 685 Å². The van der Waals surface area contributed by atoms with E-state index in [9.17, 15) is 0 Å². The van der Waals surface area contributed by atoms with Gasteiger partial charge >= 0.3 is 0 Å². The molecule has 0 N–H and O–H groups in total. The van der Waals surface area contributed by atoms with Crippen molar-refractivity contribution in [1.29, 1.82) is 0 Å². The van der Waals surface area contributed by atoms with E-state index in [1.807, 2.05) is 0 Å². The Morgan fingerprint density at radius 1 is 0.212 bits per heavy atom. The fourth-order valence-corrected chi connectivity index (χ4v) is 18.9. The Hall–Kier alpha value is -14.7. The van der Waals surface area contributed by atoms with Crippen LogP contribution in [0.2, 0.25) is 0 Å². The molecule has 2 aromatic heterocycles. The van der Waals surface area contributed by atoms with E-state index in [1.54, 1.807) is 0 Å². The number of rotatable bonds is 16. The predicted octanol–water partition coefficient (Wildman–Crippen LogP) is 32.2. The minimum Gasteiger partial charge on any atom is -0.454 e. The van der Waals surface area contributed by atoms with Gasteiger partial charge in [-0.3, -0.25) is 0 Å². The summed E-state index contributed by atoms with van der Waals surface area (Å²) >= 11 is 0. The van der Waals surface area contributed by atoms with Crippen molar-refractivity contribution in [2.24, 2.45) is 0 Å². The van der Waals surface area contributed by atoms with Gasteiger partial charge in [0.1, 0.15) is 11.2 Å². The molecule has 0 aliphatic heterocycles. The van der Waals surface area contributed by atoms with Crippen molar-refractivity contribution < 1.29 is 8.83 Å². The molecule has 0 radical (unpaired) electrons. The van der Waals surface area contributed by atoms with E-state index in [0.29, 0.717) is 6.42 Å². The lowest BCUT2D eigenvalue weighted by molar-refractivity contribution is 0.669. The highest BCUT2D eigenvalue weighted by Gasteiger charge is 2.30. The van der Waals surface area contributed by atoms with Crippen LogP contribution in [0, 0.1) is 48.5 Å². The van der Waals surface area contributed by atoms with Gasteiger partial charge in [-0.05, 0) is 268 Å². The van der Waals surface area contributed by atoms with Gasteiger partial charge in [0.15, 0.2) is 11.2 Å². The second-order valence-corrected chi connectivity index (χ2v) is 32.2. The SMILES string of the molecule is Cc1ccc(N(c2ccc(C)c(C)c2)c2ccc3ccc4c(N(c5ccc(C)c(C)c5)c5ccc(C)c(Cc6cccc(-c7ccccc7N(c7ccc8ccc9c(N(c%10ccccc%10-c%10ccccc%10)c%10cccc%11c%10oc%10ccccc%10%11)ccc%10ccc7c8c%109)c7cccc8c7oc7ccccc78)c6)c5)ccc5ccc2c3c54)cc1C. The molecule has 0 spiro atoms. The molecule has 0 atom stereocenters. The maximum Gasteiger partial charge on any atom is 0.159 e. The third-order valence-corrected chi connectivity index (χ3v) is 25.3. The smallest absolute Gasteiger partial charge is 0.159 e. The normalized spacial score (nSPS) is 11.9. The van der Waals surface area contributed by atoms with Gasteiger partial charge in [0, 0.05) is 77.0 Å². The van der Waals surface area contributed by atoms with Crippen LogP contribution in [0.25, 0.3) is 131 Å². The van der Waals surface area contributed by atoms with Gasteiger partial charge in [0.25, 0.3) is 0 Å². The van der Waals surface area contributed by atoms with Gasteiger partial charge in [0.2, 0.25) is 0 Å². The van der Waals surface area contributed by atoms with Gasteiger partial charge in [0.05, 0.1) is 45.5 Å². The molecule has 6 nitrogen and oxygen atoms in total. The fraction of sp³-hybridized carbons (Fsp3) is 0.0714. The highest BCUT2D eigenvalue weighted by molar-refractivity contribution is 6.31. The first-order valence-corrected chi connectivity index (χ1v) is 41.0. The fourth-order valence-electron chi connectivity index (χ4n) is 18.9. The summed E-state index contributed by atoms with van der Waals surface area (Å²) in [4.78, 5) is 9.89. The summed E-state index contributed by atoms with van der Waals surface area (Å²) in [5.74, 6) is 0. The molecule has 2 heterocycles. The number of furan rings is 2. The van der Waals surface area contributed by atoms with E-state index in [0.717, 1.165) is 156 Å². The molecule has 118 heavy (non-hydrogen) atoms. The van der Waals surface area contributed by atoms with Gasteiger partial charge in [-0.1, -0.05) is 249 Å². The number of nitrogens with zero attached hydrogens (tertiary/aromatic N) is 4. The number of fused-ring (bicyclic) bond motifs is 6. The van der Waals surface area contributed by atoms with Crippen molar-refractivity contribution in [3.05, 3.63) is 408 Å². The quantitative estimate of drug-likeness (QED) is 0.0898. The minimum absolute atomic E-state index is 0.705. The molecular weight excluding hydrogens is 1430 g/mol. The standard InChI is InChI=1S/C112H82N4O2/c1-68-38-50-83(62-72(68)5)113(84-51-39-69(2)73(6)63-84)99-58-46-77-43-55-94-100(59-47-78-42-54-93(99)107(77)108(78)94)114(85-52-40-70(3)74(7)64-85)86-53-41-71(4)82(67-86)66-75-22-19-25-81(65-75)88-27-12-16-33-98(88)116(104-35-21-31-92-90-29-14-18-37-106(90)118-112(92)104)102-61-49-80-44-56-95-101(60-48-79-45-57-96(102)110(80)109(79)95)115(97-32-15-11-26-87(97)76-23-9-8-10-24-76)103-34-20-30-91-89-28-13-17-36-105(89)117-111(91)103/h8-65,67H,66H2,1-7H3. The molecule has 0 unspecified atom stereocenters. The number of hydrogen-bond acceptors (Lipinski definition) is 6. The Balaban J connectivity index is 0.681. The molecule has 0 saturated heterocycles. The van der Waals surface area contributed by atoms with Crippen molar-refractivity contribution in [1.82, 2.24) is 0 Å². The molecule has 0 fully saturated rings. The third-order valence-electron chi connectivity index (χ3n) is 25.3. The molecule has 0 aliphatic rings. The van der Waals surface area contributed by atoms with Crippen LogP contribution in [0.1, 0.15) is 50.1 Å². The highest BCUT2D eigenvalue weighted by Crippen LogP contribution is 2.55. The van der Waals surface area contributed by atoms with Gasteiger partial charge in [-0.25, -0.2) is 0 Å². The molecular formula is C112H82N4O2. The Morgan fingerprint density at radius 3 is 0.992 bits per heavy atom. The molecule has 22 aromatic rings. The number of aryl methyl sites for hydroxylation is 7. The number of anilines is 12. The van der Waals surface area contributed by atoms with Gasteiger partial charge < -0.3 is 28.4 Å². The maximum atomic E-state index is 7.13. The van der Waals surface area contributed by atoms with Gasteiger partial charge in [-0.2, -0.15) is 0 Å². The van der Waals surface area contributed by atoms with Crippen molar-refractivity contribution in [2.45, 2.75) is 54.9 Å². The Kier molecular flexibility index (Phi) is 16.5. The maximum absolute atomic E-state index is 7.13. The van der Waals surface area contributed by atoms with E-state index in [4.69, 9.17) is 8.83 Å². The van der Waals surface area contributed by atoms with Crippen LogP contribution in [0.4, 0.5) is 68.2 Å². The zero-order valence-electron chi connectivity index (χ0n) is 66.9. The molecule has 0 aliphatic carbocycles. The van der Waals surface area contributed by atoms with Crippen molar-refractivity contribution >= 4 is 177 Å². The first-order chi connectivity index (χ1) is 57.9. The summed E-state index contributed by atoms with van der Waals surface area (Å²) < 4.78 is 14.1. The molecule has 0 saturated carbocycles. The highest BCUT2D eigenvalue weighted by atomic mass is 16.3. The molecule has 22 rings (SSSR count). The summed E-state index contributed by atoms with van der Waals surface area (Å²) in [5.41, 5.74) is 31.9. The van der Waals surface area contributed by atoms with E-state index >= 15 is 0 Å². The Morgan fingerprint density at radius 2 is 0.551 bits per heavy atom. The molecule has 562 valence electrons. The summed E-state index contributed by atoms with van der Waals surface area (Å²) in [7, 11) is 0. The molecule has 20 aromatic carbocycles. The number of hydrogen-bond donors (Lipinski definition) is 0. The van der Waals surface area contributed by atoms with E-state index in [-0.39, 0.29) is 0 Å². The summed E-state index contributed by atoms with van der Waals surface area (Å²) in [6, 6.07) is 133.